The van der Waals surface area contributed by atoms with Crippen molar-refractivity contribution in [2.45, 2.75) is 125 Å². The number of ketones is 1. The van der Waals surface area contributed by atoms with Crippen LogP contribution >= 0.6 is 0 Å². The lowest BCUT2D eigenvalue weighted by atomic mass is 10.0. The average molecular weight is 747 g/mol. The van der Waals surface area contributed by atoms with Crippen molar-refractivity contribution in [2.24, 2.45) is 0 Å². The Morgan fingerprint density at radius 3 is 1.90 bits per heavy atom. The summed E-state index contributed by atoms with van der Waals surface area (Å²) in [6.07, 6.45) is 0. The van der Waals surface area contributed by atoms with E-state index >= 15 is 0 Å². The third-order valence-electron chi connectivity index (χ3n) is 7.38. The van der Waals surface area contributed by atoms with Gasteiger partial charge in [0.25, 0.3) is 0 Å². The highest BCUT2D eigenvalue weighted by Crippen LogP contribution is 2.26. The summed E-state index contributed by atoms with van der Waals surface area (Å²) in [5.41, 5.74) is 5.62. The van der Waals surface area contributed by atoms with Crippen LogP contribution < -0.4 is 4.43 Å². The van der Waals surface area contributed by atoms with Crippen LogP contribution in [-0.2, 0) is 42.6 Å². The minimum atomic E-state index is -2.11. The highest BCUT2D eigenvalue weighted by molar-refractivity contribution is 6.71. The van der Waals surface area contributed by atoms with E-state index in [9.17, 15) is 9.59 Å². The van der Waals surface area contributed by atoms with E-state index in [0.29, 0.717) is 32.8 Å². The van der Waals surface area contributed by atoms with Crippen LogP contribution in [0.25, 0.3) is 0 Å². The Balaban J connectivity index is 2.59. The minimum absolute atomic E-state index is 0.0862. The molecule has 1 atom stereocenters. The van der Waals surface area contributed by atoms with Crippen LogP contribution in [0.4, 0.5) is 0 Å². The maximum atomic E-state index is 13.4. The van der Waals surface area contributed by atoms with Crippen LogP contribution in [0.2, 0.25) is 78.6 Å². The first-order valence-electron chi connectivity index (χ1n) is 17.6. The lowest BCUT2D eigenvalue weighted by Crippen LogP contribution is -2.50. The van der Waals surface area contributed by atoms with Crippen LogP contribution in [0.1, 0.15) is 34.7 Å². The van der Waals surface area contributed by atoms with Gasteiger partial charge < -0.3 is 17.7 Å². The molecule has 0 spiro atoms. The second-order valence-corrected chi connectivity index (χ2v) is 35.3. The molecule has 0 fully saturated rings. The Labute approximate surface area is 302 Å². The van der Waals surface area contributed by atoms with Crippen molar-refractivity contribution in [3.63, 3.8) is 0 Å². The number of hydrogen-bond donors (Lipinski definition) is 0. The number of benzene rings is 2. The molecule has 2 aromatic carbocycles. The lowest BCUT2D eigenvalue weighted by molar-refractivity contribution is -0.137. The van der Waals surface area contributed by atoms with Gasteiger partial charge >= 0.3 is 5.97 Å². The molecule has 0 amide bonds. The molecule has 0 aliphatic carbocycles. The molecule has 0 aliphatic heterocycles. The zero-order chi connectivity index (χ0) is 37.4. The summed E-state index contributed by atoms with van der Waals surface area (Å²) >= 11 is 0. The van der Waals surface area contributed by atoms with E-state index in [-0.39, 0.29) is 30.9 Å². The van der Waals surface area contributed by atoms with E-state index < -0.39 is 33.3 Å². The Hall–Kier alpha value is -1.91. The Kier molecular flexibility index (Phi) is 15.9. The van der Waals surface area contributed by atoms with E-state index in [1.165, 1.54) is 5.56 Å². The summed E-state index contributed by atoms with van der Waals surface area (Å²) in [7, 11) is -7.63. The molecule has 1 unspecified atom stereocenters. The van der Waals surface area contributed by atoms with Crippen molar-refractivity contribution in [3.8, 4) is 5.75 Å². The topological polar surface area (TPSA) is 77.5 Å². The van der Waals surface area contributed by atoms with E-state index in [1.54, 1.807) is 6.92 Å². The van der Waals surface area contributed by atoms with Crippen molar-refractivity contribution in [1.82, 2.24) is 9.80 Å². The van der Waals surface area contributed by atoms with Crippen molar-refractivity contribution in [3.05, 3.63) is 64.2 Å². The standard InChI is InChI=1S/C37H66N2O6Si4/c1-29-16-19-36(44-48(10,11)12)34(20-29)23-38(26-37(41)45-49(13,14)15)25-35(28-43-47(7,8)9)39(22-31(3)40)24-33-21-32(18-17-30(33)2)27-42-46(4,5)6/h16-21,35H,22-28H2,1-15H3. The van der Waals surface area contributed by atoms with E-state index in [2.05, 4.69) is 119 Å². The molecule has 0 aromatic heterocycles. The fraction of sp³-hybridized carbons (Fsp3) is 0.622. The molecular formula is C37H66N2O6Si4. The van der Waals surface area contributed by atoms with E-state index in [0.717, 1.165) is 28.0 Å². The molecule has 0 N–H and O–H groups in total. The molecule has 0 bridgehead atoms. The third-order valence-corrected chi connectivity index (χ3v) is 11.1. The molecular weight excluding hydrogens is 681 g/mol. The molecule has 0 radical (unpaired) electrons. The van der Waals surface area contributed by atoms with Gasteiger partial charge in [-0.2, -0.15) is 0 Å². The molecule has 0 heterocycles. The highest BCUT2D eigenvalue weighted by atomic mass is 28.4. The predicted octanol–water partition coefficient (Wildman–Crippen LogP) is 8.36. The summed E-state index contributed by atoms with van der Waals surface area (Å²) in [4.78, 5) is 30.7. The number of rotatable bonds is 20. The number of carbonyl (C=O) groups excluding carboxylic acids is 2. The number of carbonyl (C=O) groups is 2. The second-order valence-electron chi connectivity index (χ2n) is 17.4. The minimum Gasteiger partial charge on any atom is -0.544 e. The fourth-order valence-electron chi connectivity index (χ4n) is 5.26. The lowest BCUT2D eigenvalue weighted by Gasteiger charge is -2.37. The van der Waals surface area contributed by atoms with Gasteiger partial charge in [0.15, 0.2) is 16.6 Å². The predicted molar refractivity (Wildman–Crippen MR) is 213 cm³/mol. The quantitative estimate of drug-likeness (QED) is 0.125. The number of aryl methyl sites for hydroxylation is 2. The van der Waals surface area contributed by atoms with Crippen molar-refractivity contribution < 1.29 is 27.3 Å². The Bertz CT molecular complexity index is 1390. The van der Waals surface area contributed by atoms with E-state index in [1.807, 2.05) is 19.6 Å². The van der Waals surface area contributed by atoms with Crippen LogP contribution in [0.15, 0.2) is 36.4 Å². The Morgan fingerprint density at radius 1 is 0.714 bits per heavy atom. The zero-order valence-electron chi connectivity index (χ0n) is 33.3. The maximum Gasteiger partial charge on any atom is 0.306 e. The molecule has 0 saturated carbocycles. The van der Waals surface area contributed by atoms with Gasteiger partial charge in [0.05, 0.1) is 26.3 Å². The second kappa shape index (κ2) is 18.0. The molecule has 0 aliphatic rings. The molecule has 2 rings (SSSR count). The number of nitrogens with zero attached hydrogens (tertiary/aromatic N) is 2. The summed E-state index contributed by atoms with van der Waals surface area (Å²) in [5.74, 6) is 0.716. The van der Waals surface area contributed by atoms with E-state index in [4.69, 9.17) is 17.7 Å². The summed E-state index contributed by atoms with van der Waals surface area (Å²) in [5, 5.41) is 0. The normalized spacial score (nSPS) is 13.6. The zero-order valence-corrected chi connectivity index (χ0v) is 37.3. The smallest absolute Gasteiger partial charge is 0.306 e. The first kappa shape index (κ1) is 43.3. The van der Waals surface area contributed by atoms with Gasteiger partial charge in [-0.15, -0.1) is 0 Å². The van der Waals surface area contributed by atoms with Crippen LogP contribution in [0.5, 0.6) is 5.75 Å². The van der Waals surface area contributed by atoms with Gasteiger partial charge in [-0.25, -0.2) is 0 Å². The van der Waals surface area contributed by atoms with Gasteiger partial charge in [-0.1, -0.05) is 35.9 Å². The van der Waals surface area contributed by atoms with Crippen LogP contribution in [0.3, 0.4) is 0 Å². The van der Waals surface area contributed by atoms with Gasteiger partial charge in [0.2, 0.25) is 16.6 Å². The summed E-state index contributed by atoms with van der Waals surface area (Å²) in [6.45, 7) is 34.6. The highest BCUT2D eigenvalue weighted by Gasteiger charge is 2.30. The van der Waals surface area contributed by atoms with Crippen molar-refractivity contribution in [2.75, 3.05) is 26.2 Å². The first-order chi connectivity index (χ1) is 22.3. The summed E-state index contributed by atoms with van der Waals surface area (Å²) < 4.78 is 25.3. The molecule has 276 valence electrons. The molecule has 8 nitrogen and oxygen atoms in total. The summed E-state index contributed by atoms with van der Waals surface area (Å²) in [6, 6.07) is 12.6. The molecule has 12 heteroatoms. The molecule has 0 saturated heterocycles. The SMILES string of the molecule is CC(=O)CN(Cc1cc(CO[Si](C)(C)C)ccc1C)C(CO[Si](C)(C)C)CN(CC(=O)O[Si](C)(C)C)Cc1cc(C)ccc1O[Si](C)(C)C. The largest absolute Gasteiger partial charge is 0.544 e. The number of Topliss-reactive ketones (excluding diaryl/α,β-unsaturated/α-hetero) is 1. The molecule has 2 aromatic rings. The van der Waals surface area contributed by atoms with Crippen molar-refractivity contribution >= 4 is 45.0 Å². The third kappa shape index (κ3) is 18.2. The average Bonchev–Trinajstić information content (AvgIpc) is 2.89. The number of hydrogen-bond acceptors (Lipinski definition) is 8. The maximum absolute atomic E-state index is 13.4. The monoisotopic (exact) mass is 746 g/mol. The Morgan fingerprint density at radius 2 is 1.35 bits per heavy atom. The fourth-order valence-corrected chi connectivity index (χ4v) is 8.16. The van der Waals surface area contributed by atoms with Gasteiger partial charge in [0, 0.05) is 31.2 Å². The van der Waals surface area contributed by atoms with Crippen molar-refractivity contribution in [1.29, 1.82) is 0 Å². The van der Waals surface area contributed by atoms with Gasteiger partial charge in [0.1, 0.15) is 11.5 Å². The van der Waals surface area contributed by atoms with Crippen LogP contribution in [0, 0.1) is 13.8 Å². The molecule has 49 heavy (non-hydrogen) atoms. The van der Waals surface area contributed by atoms with Gasteiger partial charge in [-0.05, 0) is 122 Å². The first-order valence-corrected chi connectivity index (χ1v) is 31.2. The van der Waals surface area contributed by atoms with Crippen LogP contribution in [-0.4, -0.2) is 87.1 Å². The van der Waals surface area contributed by atoms with Gasteiger partial charge in [-0.3, -0.25) is 19.4 Å².